The van der Waals surface area contributed by atoms with Gasteiger partial charge in [0, 0.05) is 17.1 Å². The molecule has 0 spiro atoms. The van der Waals surface area contributed by atoms with Crippen molar-refractivity contribution in [3.63, 3.8) is 0 Å². The van der Waals surface area contributed by atoms with Crippen molar-refractivity contribution in [2.75, 3.05) is 5.75 Å². The number of hydrogen-bond acceptors (Lipinski definition) is 5. The van der Waals surface area contributed by atoms with Crippen molar-refractivity contribution in [3.8, 4) is 5.69 Å². The topological polar surface area (TPSA) is 44.1 Å². The molecule has 0 saturated carbocycles. The molecule has 1 aliphatic heterocycles. The number of para-hydroxylation sites is 1. The lowest BCUT2D eigenvalue weighted by molar-refractivity contribution is 0.00200. The van der Waals surface area contributed by atoms with E-state index in [0.29, 0.717) is 12.5 Å². The van der Waals surface area contributed by atoms with Crippen LogP contribution in [0.3, 0.4) is 0 Å². The minimum Gasteiger partial charge on any atom is -0.372 e. The van der Waals surface area contributed by atoms with E-state index in [1.165, 1.54) is 0 Å². The van der Waals surface area contributed by atoms with Gasteiger partial charge in [-0.05, 0) is 30.0 Å². The minimum atomic E-state index is 0.0529. The van der Waals surface area contributed by atoms with Crippen molar-refractivity contribution in [1.29, 1.82) is 0 Å². The van der Waals surface area contributed by atoms with Gasteiger partial charge in [0.1, 0.15) is 4.83 Å². The Morgan fingerprint density at radius 3 is 2.82 bits per heavy atom. The fourth-order valence-electron chi connectivity index (χ4n) is 3.55. The normalized spacial score (nSPS) is 16.6. The summed E-state index contributed by atoms with van der Waals surface area (Å²) < 4.78 is 7.83. The molecule has 4 rings (SSSR count). The third-order valence-corrected chi connectivity index (χ3v) is 7.32. The Kier molecular flexibility index (Phi) is 5.90. The van der Waals surface area contributed by atoms with Crippen molar-refractivity contribution in [2.24, 2.45) is 5.92 Å². The van der Waals surface area contributed by atoms with Gasteiger partial charge in [-0.15, -0.1) is 11.3 Å². The first-order valence-corrected chi connectivity index (χ1v) is 11.8. The van der Waals surface area contributed by atoms with Gasteiger partial charge in [-0.25, -0.2) is 4.98 Å². The molecular formula is C22H26N2O2S2. The zero-order valence-corrected chi connectivity index (χ0v) is 18.2. The van der Waals surface area contributed by atoms with E-state index in [2.05, 4.69) is 20.8 Å². The lowest BCUT2D eigenvalue weighted by atomic mass is 9.96. The first-order chi connectivity index (χ1) is 13.6. The summed E-state index contributed by atoms with van der Waals surface area (Å²) in [6, 6.07) is 9.88. The quantitative estimate of drug-likeness (QED) is 0.306. The molecule has 28 heavy (non-hydrogen) atoms. The van der Waals surface area contributed by atoms with Gasteiger partial charge >= 0.3 is 0 Å². The predicted octanol–water partition coefficient (Wildman–Crippen LogP) is 5.44. The molecule has 4 nitrogen and oxygen atoms in total. The molecular weight excluding hydrogens is 388 g/mol. The number of nitrogens with zero attached hydrogens (tertiary/aromatic N) is 2. The third kappa shape index (κ3) is 3.65. The average Bonchev–Trinajstić information content (AvgIpc) is 3.06. The van der Waals surface area contributed by atoms with E-state index in [9.17, 15) is 4.79 Å². The molecule has 0 bridgehead atoms. The van der Waals surface area contributed by atoms with E-state index in [1.807, 2.05) is 30.3 Å². The molecule has 3 aromatic rings. The van der Waals surface area contributed by atoms with E-state index in [1.54, 1.807) is 27.7 Å². The second-order valence-corrected chi connectivity index (χ2v) is 9.70. The second kappa shape index (κ2) is 8.39. The van der Waals surface area contributed by atoms with Gasteiger partial charge in [-0.3, -0.25) is 9.36 Å². The highest BCUT2D eigenvalue weighted by atomic mass is 32.2. The Hall–Kier alpha value is -1.63. The van der Waals surface area contributed by atoms with E-state index in [-0.39, 0.29) is 11.7 Å². The van der Waals surface area contributed by atoms with Crippen LogP contribution >= 0.6 is 23.1 Å². The molecule has 1 unspecified atom stereocenters. The summed E-state index contributed by atoms with van der Waals surface area (Å²) in [4.78, 5) is 20.6. The molecule has 1 aliphatic rings. The van der Waals surface area contributed by atoms with Crippen LogP contribution in [0.25, 0.3) is 15.9 Å². The van der Waals surface area contributed by atoms with E-state index in [4.69, 9.17) is 9.72 Å². The summed E-state index contributed by atoms with van der Waals surface area (Å²) in [7, 11) is 0. The predicted molar refractivity (Wildman–Crippen MR) is 118 cm³/mol. The Balaban J connectivity index is 1.89. The van der Waals surface area contributed by atoms with E-state index >= 15 is 0 Å². The number of aromatic nitrogens is 2. The Labute approximate surface area is 174 Å². The van der Waals surface area contributed by atoms with E-state index in [0.717, 1.165) is 56.5 Å². The summed E-state index contributed by atoms with van der Waals surface area (Å²) in [5.41, 5.74) is 2.09. The number of unbranched alkanes of at least 4 members (excludes halogenated alkanes) is 1. The number of thiophene rings is 1. The van der Waals surface area contributed by atoms with Gasteiger partial charge in [-0.2, -0.15) is 0 Å². The van der Waals surface area contributed by atoms with Crippen molar-refractivity contribution < 1.29 is 4.74 Å². The Bertz CT molecular complexity index is 1020. The number of thioether (sulfide) groups is 1. The summed E-state index contributed by atoms with van der Waals surface area (Å²) in [6.07, 6.45) is 3.19. The van der Waals surface area contributed by atoms with Crippen molar-refractivity contribution in [3.05, 3.63) is 51.1 Å². The molecule has 0 saturated heterocycles. The highest BCUT2D eigenvalue weighted by Crippen LogP contribution is 2.36. The Morgan fingerprint density at radius 1 is 1.32 bits per heavy atom. The largest absolute Gasteiger partial charge is 0.372 e. The average molecular weight is 415 g/mol. The maximum atomic E-state index is 13.7. The highest BCUT2D eigenvalue weighted by molar-refractivity contribution is 7.99. The third-order valence-electron chi connectivity index (χ3n) is 5.20. The van der Waals surface area contributed by atoms with Gasteiger partial charge in [-0.1, -0.05) is 57.2 Å². The molecule has 0 amide bonds. The molecule has 0 radical (unpaired) electrons. The van der Waals surface area contributed by atoms with E-state index < -0.39 is 0 Å². The summed E-state index contributed by atoms with van der Waals surface area (Å²) >= 11 is 3.30. The number of fused-ring (bicyclic) bond motifs is 3. The van der Waals surface area contributed by atoms with Crippen LogP contribution in [0.1, 0.15) is 44.1 Å². The molecule has 0 fully saturated rings. The van der Waals surface area contributed by atoms with Crippen molar-refractivity contribution >= 4 is 33.3 Å². The van der Waals surface area contributed by atoms with Crippen LogP contribution in [-0.4, -0.2) is 21.4 Å². The molecule has 1 atom stereocenters. The smallest absolute Gasteiger partial charge is 0.267 e. The van der Waals surface area contributed by atoms with Gasteiger partial charge in [0.15, 0.2) is 5.16 Å². The zero-order valence-electron chi connectivity index (χ0n) is 16.6. The van der Waals surface area contributed by atoms with Crippen LogP contribution in [0.15, 0.2) is 40.3 Å². The molecule has 1 aromatic carbocycles. The SMILES string of the molecule is CCCCSc1nc2sc3c(c2c(=O)n1-c1ccccc1)CC(C(C)C)OC3. The standard InChI is InChI=1S/C22H26N2O2S2/c1-4-5-11-27-22-23-20-19(21(25)24(22)15-9-7-6-8-10-15)16-12-17(14(2)3)26-13-18(16)28-20/h6-10,14,17H,4-5,11-13H2,1-3H3. The maximum absolute atomic E-state index is 13.7. The fraction of sp³-hybridized carbons (Fsp3) is 0.455. The molecule has 0 aliphatic carbocycles. The van der Waals surface area contributed by atoms with Crippen LogP contribution in [0.5, 0.6) is 0 Å². The summed E-state index contributed by atoms with van der Waals surface area (Å²) in [5.74, 6) is 1.39. The fourth-order valence-corrected chi connectivity index (χ4v) is 5.81. The van der Waals surface area contributed by atoms with Crippen molar-refractivity contribution in [1.82, 2.24) is 9.55 Å². The zero-order chi connectivity index (χ0) is 19.7. The Morgan fingerprint density at radius 2 is 2.11 bits per heavy atom. The number of hydrogen-bond donors (Lipinski definition) is 0. The summed E-state index contributed by atoms with van der Waals surface area (Å²) in [5, 5.41) is 1.58. The van der Waals surface area contributed by atoms with Crippen LogP contribution < -0.4 is 5.56 Å². The molecule has 3 heterocycles. The molecule has 148 valence electrons. The van der Waals surface area contributed by atoms with Crippen LogP contribution in [-0.2, 0) is 17.8 Å². The van der Waals surface area contributed by atoms with Gasteiger partial charge in [0.25, 0.3) is 5.56 Å². The number of benzene rings is 1. The van der Waals surface area contributed by atoms with Gasteiger partial charge in [0.2, 0.25) is 0 Å². The molecule has 2 aromatic heterocycles. The van der Waals surface area contributed by atoms with Crippen LogP contribution in [0.4, 0.5) is 0 Å². The summed E-state index contributed by atoms with van der Waals surface area (Å²) in [6.45, 7) is 7.11. The lowest BCUT2D eigenvalue weighted by Crippen LogP contribution is -2.28. The monoisotopic (exact) mass is 414 g/mol. The van der Waals surface area contributed by atoms with Gasteiger partial charge < -0.3 is 4.74 Å². The first kappa shape index (κ1) is 19.7. The highest BCUT2D eigenvalue weighted by Gasteiger charge is 2.28. The molecule has 0 N–H and O–H groups in total. The van der Waals surface area contributed by atoms with Gasteiger partial charge in [0.05, 0.1) is 23.8 Å². The lowest BCUT2D eigenvalue weighted by Gasteiger charge is -2.26. The number of ether oxygens (including phenoxy) is 1. The van der Waals surface area contributed by atoms with Crippen LogP contribution in [0, 0.1) is 5.92 Å². The first-order valence-electron chi connectivity index (χ1n) is 9.97. The van der Waals surface area contributed by atoms with Crippen LogP contribution in [0.2, 0.25) is 0 Å². The molecule has 6 heteroatoms. The maximum Gasteiger partial charge on any atom is 0.267 e. The number of rotatable bonds is 6. The minimum absolute atomic E-state index is 0.0529. The second-order valence-electron chi connectivity index (χ2n) is 7.55. The van der Waals surface area contributed by atoms with Crippen molar-refractivity contribution in [2.45, 2.75) is 57.9 Å².